The van der Waals surface area contributed by atoms with Gasteiger partial charge in [0.2, 0.25) is 0 Å². The normalized spacial score (nSPS) is 14.4. The van der Waals surface area contributed by atoms with E-state index in [2.05, 4.69) is 21.8 Å². The van der Waals surface area contributed by atoms with Crippen molar-refractivity contribution < 1.29 is 9.47 Å². The van der Waals surface area contributed by atoms with E-state index in [1.54, 1.807) is 24.5 Å². The molecule has 0 spiro atoms. The van der Waals surface area contributed by atoms with Crippen LogP contribution in [0, 0.1) is 6.92 Å². The van der Waals surface area contributed by atoms with Gasteiger partial charge in [-0.2, -0.15) is 0 Å². The zero-order valence-corrected chi connectivity index (χ0v) is 20.7. The van der Waals surface area contributed by atoms with Gasteiger partial charge in [-0.25, -0.2) is 15.0 Å². The summed E-state index contributed by atoms with van der Waals surface area (Å²) in [7, 11) is 1.67. The lowest BCUT2D eigenvalue weighted by atomic mass is 10.1. The van der Waals surface area contributed by atoms with Gasteiger partial charge >= 0.3 is 0 Å². The molecule has 1 saturated heterocycles. The number of rotatable bonds is 9. The van der Waals surface area contributed by atoms with Crippen LogP contribution in [0.15, 0.2) is 29.4 Å². The molecule has 1 aliphatic rings. The Morgan fingerprint density at radius 2 is 1.79 bits per heavy atom. The molecule has 3 aromatic rings. The number of anilines is 2. The highest BCUT2D eigenvalue weighted by Crippen LogP contribution is 2.36. The summed E-state index contributed by atoms with van der Waals surface area (Å²) >= 11 is 3.13. The maximum Gasteiger partial charge on any atom is 0.191 e. The van der Waals surface area contributed by atoms with Gasteiger partial charge in [-0.05, 0) is 51.1 Å². The summed E-state index contributed by atoms with van der Waals surface area (Å²) in [5, 5.41) is 1.50. The minimum Gasteiger partial charge on any atom is -0.493 e. The first-order chi connectivity index (χ1) is 16.0. The fraction of sp³-hybridized carbons (Fsp3) is 0.435. The second-order valence-electron chi connectivity index (χ2n) is 7.93. The van der Waals surface area contributed by atoms with Crippen molar-refractivity contribution in [2.45, 2.75) is 37.1 Å². The van der Waals surface area contributed by atoms with Crippen molar-refractivity contribution >= 4 is 34.7 Å². The van der Waals surface area contributed by atoms with Gasteiger partial charge in [0.05, 0.1) is 12.8 Å². The summed E-state index contributed by atoms with van der Waals surface area (Å²) in [6, 6.07) is 7.53. The summed E-state index contributed by atoms with van der Waals surface area (Å²) < 4.78 is 11.6. The largest absolute Gasteiger partial charge is 0.493 e. The molecule has 0 saturated carbocycles. The van der Waals surface area contributed by atoms with Crippen LogP contribution >= 0.6 is 23.1 Å². The molecule has 1 aromatic carbocycles. The van der Waals surface area contributed by atoms with Crippen LogP contribution in [-0.4, -0.2) is 53.2 Å². The number of likely N-dealkylation sites (tertiary alicyclic amines) is 1. The Bertz CT molecular complexity index is 1060. The molecular weight excluding hydrogens is 456 g/mol. The van der Waals surface area contributed by atoms with Crippen molar-refractivity contribution in [2.24, 2.45) is 0 Å². The molecule has 0 aliphatic carbocycles. The molecule has 0 bridgehead atoms. The number of methoxy groups -OCH3 is 1. The van der Waals surface area contributed by atoms with Crippen LogP contribution in [0.4, 0.5) is 11.6 Å². The Morgan fingerprint density at radius 1 is 1.03 bits per heavy atom. The number of aromatic nitrogens is 3. The predicted octanol–water partition coefficient (Wildman–Crippen LogP) is 4.24. The highest BCUT2D eigenvalue weighted by Gasteiger charge is 2.15. The van der Waals surface area contributed by atoms with E-state index in [1.165, 1.54) is 31.0 Å². The number of aryl methyl sites for hydroxylation is 1. The lowest BCUT2D eigenvalue weighted by Crippen LogP contribution is -2.33. The molecule has 0 unspecified atom stereocenters. The van der Waals surface area contributed by atoms with Crippen molar-refractivity contribution in [3.05, 3.63) is 34.8 Å². The van der Waals surface area contributed by atoms with E-state index >= 15 is 0 Å². The Labute approximate surface area is 202 Å². The Kier molecular flexibility index (Phi) is 7.89. The van der Waals surface area contributed by atoms with Crippen LogP contribution in [0.5, 0.6) is 11.5 Å². The molecule has 1 fully saturated rings. The first-order valence-corrected chi connectivity index (χ1v) is 12.8. The van der Waals surface area contributed by atoms with Crippen LogP contribution < -0.4 is 20.9 Å². The summed E-state index contributed by atoms with van der Waals surface area (Å²) in [6.45, 7) is 5.97. The topological polar surface area (TPSA) is 112 Å². The predicted molar refractivity (Wildman–Crippen MR) is 135 cm³/mol. The SMILES string of the molecule is COc1ccc(-c2nc(CSc3nc(N)cc(N)n3)c(C)s2)cc1OCCN1CCCCC1. The van der Waals surface area contributed by atoms with Crippen LogP contribution in [-0.2, 0) is 5.75 Å². The molecule has 0 radical (unpaired) electrons. The number of nitrogen functional groups attached to an aromatic ring is 2. The third-order valence-corrected chi connectivity index (χ3v) is 7.42. The molecule has 8 nitrogen and oxygen atoms in total. The number of hydrogen-bond donors (Lipinski definition) is 2. The summed E-state index contributed by atoms with van der Waals surface area (Å²) in [5.74, 6) is 2.86. The number of ether oxygens (including phenoxy) is 2. The van der Waals surface area contributed by atoms with Crippen LogP contribution in [0.2, 0.25) is 0 Å². The van der Waals surface area contributed by atoms with Crippen LogP contribution in [0.1, 0.15) is 29.8 Å². The summed E-state index contributed by atoms with van der Waals surface area (Å²) in [5.41, 5.74) is 13.5. The average Bonchev–Trinajstić information content (AvgIpc) is 3.18. The fourth-order valence-electron chi connectivity index (χ4n) is 3.74. The van der Waals surface area contributed by atoms with Gasteiger partial charge in [-0.15, -0.1) is 11.3 Å². The van der Waals surface area contributed by atoms with Crippen molar-refractivity contribution in [2.75, 3.05) is 44.8 Å². The standard InChI is InChI=1S/C23H30N6O2S2/c1-15-17(14-32-23-27-20(24)13-21(25)28-23)26-22(33-15)16-6-7-18(30-2)19(12-16)31-11-10-29-8-4-3-5-9-29/h6-7,12-13H,3-5,8-11,14H2,1-2H3,(H4,24,25,27,28). The van der Waals surface area contributed by atoms with E-state index in [4.69, 9.17) is 25.9 Å². The van der Waals surface area contributed by atoms with Gasteiger partial charge < -0.3 is 20.9 Å². The monoisotopic (exact) mass is 486 g/mol. The third kappa shape index (κ3) is 6.27. The minimum atomic E-state index is 0.367. The average molecular weight is 487 g/mol. The van der Waals surface area contributed by atoms with E-state index in [0.29, 0.717) is 29.2 Å². The number of nitrogens with zero attached hydrogens (tertiary/aromatic N) is 4. The second-order valence-corrected chi connectivity index (χ2v) is 10.1. The number of benzene rings is 1. The second kappa shape index (κ2) is 11.0. The van der Waals surface area contributed by atoms with E-state index in [9.17, 15) is 0 Å². The lowest BCUT2D eigenvalue weighted by Gasteiger charge is -2.26. The van der Waals surface area contributed by atoms with Crippen molar-refractivity contribution in [1.82, 2.24) is 19.9 Å². The molecule has 3 heterocycles. The first-order valence-electron chi connectivity index (χ1n) is 11.0. The van der Waals surface area contributed by atoms with Crippen molar-refractivity contribution in [3.8, 4) is 22.1 Å². The zero-order valence-electron chi connectivity index (χ0n) is 19.0. The molecular formula is C23H30N6O2S2. The maximum atomic E-state index is 6.12. The van der Waals surface area contributed by atoms with Gasteiger partial charge in [0.15, 0.2) is 16.7 Å². The highest BCUT2D eigenvalue weighted by atomic mass is 32.2. The molecule has 176 valence electrons. The number of piperidine rings is 1. The molecule has 4 N–H and O–H groups in total. The van der Waals surface area contributed by atoms with E-state index in [0.717, 1.165) is 52.3 Å². The van der Waals surface area contributed by atoms with E-state index in [-0.39, 0.29) is 0 Å². The lowest BCUT2D eigenvalue weighted by molar-refractivity contribution is 0.180. The first kappa shape index (κ1) is 23.6. The maximum absolute atomic E-state index is 6.12. The third-order valence-electron chi connectivity index (χ3n) is 5.50. The zero-order chi connectivity index (χ0) is 23.2. The molecule has 4 rings (SSSR count). The van der Waals surface area contributed by atoms with Gasteiger partial charge in [0.1, 0.15) is 23.3 Å². The minimum absolute atomic E-state index is 0.367. The molecule has 1 aliphatic heterocycles. The quantitative estimate of drug-likeness (QED) is 0.339. The number of thiazole rings is 1. The smallest absolute Gasteiger partial charge is 0.191 e. The number of hydrogen-bond acceptors (Lipinski definition) is 10. The Balaban J connectivity index is 1.44. The highest BCUT2D eigenvalue weighted by molar-refractivity contribution is 7.98. The van der Waals surface area contributed by atoms with Crippen LogP contribution in [0.3, 0.4) is 0 Å². The van der Waals surface area contributed by atoms with Crippen molar-refractivity contribution in [1.29, 1.82) is 0 Å². The van der Waals surface area contributed by atoms with E-state index in [1.807, 2.05) is 18.2 Å². The number of nitrogens with two attached hydrogens (primary N) is 2. The van der Waals surface area contributed by atoms with Gasteiger partial charge in [-0.3, -0.25) is 4.90 Å². The molecule has 10 heteroatoms. The Hall–Kier alpha value is -2.56. The Morgan fingerprint density at radius 3 is 2.52 bits per heavy atom. The summed E-state index contributed by atoms with van der Waals surface area (Å²) in [4.78, 5) is 16.9. The molecule has 0 amide bonds. The van der Waals surface area contributed by atoms with Gasteiger partial charge in [-0.1, -0.05) is 18.2 Å². The van der Waals surface area contributed by atoms with Gasteiger partial charge in [0, 0.05) is 28.8 Å². The van der Waals surface area contributed by atoms with Crippen molar-refractivity contribution in [3.63, 3.8) is 0 Å². The molecule has 33 heavy (non-hydrogen) atoms. The summed E-state index contributed by atoms with van der Waals surface area (Å²) in [6.07, 6.45) is 3.89. The molecule has 0 atom stereocenters. The van der Waals surface area contributed by atoms with Gasteiger partial charge in [0.25, 0.3) is 0 Å². The number of thioether (sulfide) groups is 1. The van der Waals surface area contributed by atoms with E-state index < -0.39 is 0 Å². The molecule has 2 aromatic heterocycles. The van der Waals surface area contributed by atoms with Crippen LogP contribution in [0.25, 0.3) is 10.6 Å². The fourth-order valence-corrected chi connectivity index (χ4v) is 5.64.